The fraction of sp³-hybridized carbons (Fsp3) is 0.500. The van der Waals surface area contributed by atoms with Crippen molar-refractivity contribution in [1.29, 1.82) is 0 Å². The van der Waals surface area contributed by atoms with Crippen molar-refractivity contribution in [2.45, 2.75) is 32.9 Å². The molecular weight excluding hydrogens is 294 g/mol. The molecule has 0 saturated heterocycles. The summed E-state index contributed by atoms with van der Waals surface area (Å²) in [5.41, 5.74) is 9.32. The molecule has 0 spiro atoms. The lowest BCUT2D eigenvalue weighted by atomic mass is 10.1. The molecule has 1 unspecified atom stereocenters. The number of hydrogen-bond acceptors (Lipinski definition) is 3. The average Bonchev–Trinajstić information content (AvgIpc) is 2.82. The summed E-state index contributed by atoms with van der Waals surface area (Å²) < 4.78 is 4.73. The molecule has 0 fully saturated rings. The largest absolute Gasteiger partial charge is 0.318 e. The van der Waals surface area contributed by atoms with E-state index >= 15 is 0 Å². The Hall–Kier alpha value is -1.14. The first-order chi connectivity index (χ1) is 8.54. The maximum Gasteiger partial charge on any atom is 0.0905 e. The van der Waals surface area contributed by atoms with Gasteiger partial charge in [0.1, 0.15) is 0 Å². The van der Waals surface area contributed by atoms with Crippen LogP contribution in [0.1, 0.15) is 36.5 Å². The van der Waals surface area contributed by atoms with Crippen molar-refractivity contribution in [2.75, 3.05) is 0 Å². The molecule has 0 aromatic carbocycles. The van der Waals surface area contributed by atoms with Crippen LogP contribution in [0.2, 0.25) is 0 Å². The van der Waals surface area contributed by atoms with Gasteiger partial charge < -0.3 is 5.73 Å². The van der Waals surface area contributed by atoms with Crippen LogP contribution in [0.15, 0.2) is 16.7 Å². The molecule has 2 N–H and O–H groups in total. The minimum Gasteiger partial charge on any atom is -0.318 e. The molecule has 2 aromatic heterocycles. The third kappa shape index (κ3) is 2.35. The summed E-state index contributed by atoms with van der Waals surface area (Å²) in [5, 5.41) is 8.69. The maximum atomic E-state index is 6.36. The Morgan fingerprint density at radius 1 is 1.50 bits per heavy atom. The lowest BCUT2D eigenvalue weighted by molar-refractivity contribution is 0.546. The Bertz CT molecular complexity index is 543. The summed E-state index contributed by atoms with van der Waals surface area (Å²) in [7, 11) is 1.91. The van der Waals surface area contributed by atoms with Crippen molar-refractivity contribution in [3.8, 4) is 0 Å². The fourth-order valence-electron chi connectivity index (χ4n) is 2.13. The van der Waals surface area contributed by atoms with Gasteiger partial charge in [0, 0.05) is 13.6 Å². The highest BCUT2D eigenvalue weighted by Crippen LogP contribution is 2.27. The summed E-state index contributed by atoms with van der Waals surface area (Å²) >= 11 is 3.52. The van der Waals surface area contributed by atoms with Crippen molar-refractivity contribution in [1.82, 2.24) is 19.6 Å². The van der Waals surface area contributed by atoms with Crippen LogP contribution in [0.3, 0.4) is 0 Å². The average molecular weight is 312 g/mol. The number of rotatable bonds is 4. The van der Waals surface area contributed by atoms with Crippen molar-refractivity contribution >= 4 is 15.9 Å². The van der Waals surface area contributed by atoms with Gasteiger partial charge in [-0.05, 0) is 35.3 Å². The van der Waals surface area contributed by atoms with Crippen molar-refractivity contribution in [2.24, 2.45) is 12.8 Å². The monoisotopic (exact) mass is 311 g/mol. The Morgan fingerprint density at radius 2 is 2.22 bits per heavy atom. The van der Waals surface area contributed by atoms with Gasteiger partial charge in [0.15, 0.2) is 0 Å². The van der Waals surface area contributed by atoms with Gasteiger partial charge in [-0.25, -0.2) is 0 Å². The third-order valence-electron chi connectivity index (χ3n) is 2.92. The van der Waals surface area contributed by atoms with E-state index in [-0.39, 0.29) is 6.04 Å². The Morgan fingerprint density at radius 3 is 2.78 bits per heavy atom. The van der Waals surface area contributed by atoms with Crippen LogP contribution in [-0.4, -0.2) is 19.6 Å². The maximum absolute atomic E-state index is 6.36. The molecule has 5 nitrogen and oxygen atoms in total. The van der Waals surface area contributed by atoms with Crippen molar-refractivity contribution < 1.29 is 0 Å². The molecule has 0 saturated carbocycles. The molecule has 1 atom stereocenters. The van der Waals surface area contributed by atoms with Crippen molar-refractivity contribution in [3.63, 3.8) is 0 Å². The molecular formula is C12H18BrN5. The van der Waals surface area contributed by atoms with E-state index in [1.165, 1.54) is 0 Å². The highest BCUT2D eigenvalue weighted by molar-refractivity contribution is 9.10. The Labute approximate surface area is 115 Å². The number of hydrogen-bond donors (Lipinski definition) is 1. The first-order valence-corrected chi connectivity index (χ1v) is 6.81. The third-order valence-corrected chi connectivity index (χ3v) is 3.53. The van der Waals surface area contributed by atoms with Crippen molar-refractivity contribution in [3.05, 3.63) is 33.8 Å². The zero-order valence-electron chi connectivity index (χ0n) is 10.9. The quantitative estimate of drug-likeness (QED) is 0.941. The minimum atomic E-state index is -0.223. The Balaban J connectivity index is 2.42. The van der Waals surface area contributed by atoms with Gasteiger partial charge in [0.25, 0.3) is 0 Å². The zero-order valence-corrected chi connectivity index (χ0v) is 12.5. The van der Waals surface area contributed by atoms with Crippen LogP contribution >= 0.6 is 15.9 Å². The normalized spacial score (nSPS) is 12.9. The molecule has 2 heterocycles. The molecule has 0 bridgehead atoms. The number of nitrogens with zero attached hydrogens (tertiary/aromatic N) is 4. The van der Waals surface area contributed by atoms with Gasteiger partial charge in [0.2, 0.25) is 0 Å². The van der Waals surface area contributed by atoms with E-state index in [0.717, 1.165) is 34.5 Å². The second-order valence-corrected chi connectivity index (χ2v) is 5.27. The molecule has 0 aliphatic rings. The topological polar surface area (TPSA) is 61.7 Å². The number of aromatic nitrogens is 4. The highest BCUT2D eigenvalue weighted by atomic mass is 79.9. The number of halogens is 1. The van der Waals surface area contributed by atoms with E-state index in [1.807, 2.05) is 29.4 Å². The summed E-state index contributed by atoms with van der Waals surface area (Å²) in [6, 6.07) is 1.79. The zero-order chi connectivity index (χ0) is 13.3. The second kappa shape index (κ2) is 5.24. The van der Waals surface area contributed by atoms with Gasteiger partial charge in [-0.2, -0.15) is 10.2 Å². The standard InChI is InChI=1S/C12H18BrN5/c1-4-5-18-12(9(13)7-15-18)11(14)10-6-8(2)16-17(10)3/h6-7,11H,4-5,14H2,1-3H3. The highest BCUT2D eigenvalue weighted by Gasteiger charge is 2.21. The first kappa shape index (κ1) is 13.3. The van der Waals surface area contributed by atoms with Crippen LogP contribution < -0.4 is 5.73 Å². The SMILES string of the molecule is CCCn1ncc(Br)c1C(N)c1cc(C)nn1C. The molecule has 0 aliphatic heterocycles. The predicted octanol–water partition coefficient (Wildman–Crippen LogP) is 2.15. The van der Waals surface area contributed by atoms with Gasteiger partial charge in [0.05, 0.1) is 33.8 Å². The van der Waals surface area contributed by atoms with Gasteiger partial charge in [-0.1, -0.05) is 6.92 Å². The second-order valence-electron chi connectivity index (χ2n) is 4.41. The molecule has 6 heteroatoms. The van der Waals surface area contributed by atoms with Gasteiger partial charge >= 0.3 is 0 Å². The Kier molecular flexibility index (Phi) is 3.87. The summed E-state index contributed by atoms with van der Waals surface area (Å²) in [6.45, 7) is 4.96. The molecule has 18 heavy (non-hydrogen) atoms. The molecule has 2 rings (SSSR count). The van der Waals surface area contributed by atoms with Crippen LogP contribution in [0.5, 0.6) is 0 Å². The van der Waals surface area contributed by atoms with Crippen LogP contribution in [0.4, 0.5) is 0 Å². The lowest BCUT2D eigenvalue weighted by Gasteiger charge is -2.15. The van der Waals surface area contributed by atoms with Crippen LogP contribution in [0, 0.1) is 6.92 Å². The smallest absolute Gasteiger partial charge is 0.0905 e. The number of nitrogens with two attached hydrogens (primary N) is 1. The molecule has 0 amide bonds. The van der Waals surface area contributed by atoms with E-state index < -0.39 is 0 Å². The van der Waals surface area contributed by atoms with E-state index in [1.54, 1.807) is 6.20 Å². The summed E-state index contributed by atoms with van der Waals surface area (Å²) in [5.74, 6) is 0. The molecule has 0 aliphatic carbocycles. The number of aryl methyl sites for hydroxylation is 3. The van der Waals surface area contributed by atoms with E-state index in [4.69, 9.17) is 5.73 Å². The first-order valence-electron chi connectivity index (χ1n) is 6.02. The minimum absolute atomic E-state index is 0.223. The van der Waals surface area contributed by atoms with E-state index in [9.17, 15) is 0 Å². The van der Waals surface area contributed by atoms with Gasteiger partial charge in [-0.15, -0.1) is 0 Å². The van der Waals surface area contributed by atoms with Crippen LogP contribution in [-0.2, 0) is 13.6 Å². The molecule has 0 radical (unpaired) electrons. The fourth-order valence-corrected chi connectivity index (χ4v) is 2.68. The predicted molar refractivity (Wildman–Crippen MR) is 74.2 cm³/mol. The van der Waals surface area contributed by atoms with E-state index in [2.05, 4.69) is 33.1 Å². The van der Waals surface area contributed by atoms with E-state index in [0.29, 0.717) is 0 Å². The lowest BCUT2D eigenvalue weighted by Crippen LogP contribution is -2.20. The van der Waals surface area contributed by atoms with Gasteiger partial charge in [-0.3, -0.25) is 9.36 Å². The summed E-state index contributed by atoms with van der Waals surface area (Å²) in [6.07, 6.45) is 2.83. The van der Waals surface area contributed by atoms with Crippen LogP contribution in [0.25, 0.3) is 0 Å². The summed E-state index contributed by atoms with van der Waals surface area (Å²) in [4.78, 5) is 0. The molecule has 98 valence electrons. The molecule has 2 aromatic rings.